The fourth-order valence-electron chi connectivity index (χ4n) is 1.79. The second-order valence-electron chi connectivity index (χ2n) is 3.88. The molecule has 0 aromatic rings. The minimum atomic E-state index is -0.583. The minimum Gasteiger partial charge on any atom is -0.453 e. The van der Waals surface area contributed by atoms with Crippen molar-refractivity contribution in [3.8, 4) is 0 Å². The Labute approximate surface area is 106 Å². The number of nitrogens with zero attached hydrogens (tertiary/aromatic N) is 1. The number of amides is 2. The lowest BCUT2D eigenvalue weighted by atomic mass is 10.1. The van der Waals surface area contributed by atoms with E-state index in [4.69, 9.17) is 9.78 Å². The molecule has 1 saturated heterocycles. The summed E-state index contributed by atoms with van der Waals surface area (Å²) in [6.45, 7) is 3.75. The van der Waals surface area contributed by atoms with Gasteiger partial charge in [0.2, 0.25) is 5.91 Å². The van der Waals surface area contributed by atoms with Gasteiger partial charge in [0.05, 0.1) is 20.3 Å². The highest BCUT2D eigenvalue weighted by Gasteiger charge is 2.29. The monoisotopic (exact) mass is 260 g/mol. The van der Waals surface area contributed by atoms with Gasteiger partial charge < -0.3 is 15.0 Å². The Hall–Kier alpha value is -1.34. The number of alkyl carbamates (subject to hydrolysis) is 1. The Balaban J connectivity index is 2.36. The topological polar surface area (TPSA) is 77.1 Å². The van der Waals surface area contributed by atoms with E-state index in [1.807, 2.05) is 6.92 Å². The van der Waals surface area contributed by atoms with E-state index in [-0.39, 0.29) is 5.91 Å². The van der Waals surface area contributed by atoms with Crippen molar-refractivity contribution < 1.29 is 24.1 Å². The highest BCUT2D eigenvalue weighted by atomic mass is 17.2. The second kappa shape index (κ2) is 7.88. The first-order valence-electron chi connectivity index (χ1n) is 6.06. The quantitative estimate of drug-likeness (QED) is 0.422. The minimum absolute atomic E-state index is 0.105. The molecule has 2 amide bonds. The van der Waals surface area contributed by atoms with Crippen LogP contribution in [0.1, 0.15) is 19.8 Å². The maximum atomic E-state index is 12.0. The summed E-state index contributed by atoms with van der Waals surface area (Å²) in [5.74, 6) is -0.105. The summed E-state index contributed by atoms with van der Waals surface area (Å²) in [7, 11) is 1.27. The second-order valence-corrected chi connectivity index (χ2v) is 3.88. The first-order valence-corrected chi connectivity index (χ1v) is 6.06. The number of likely N-dealkylation sites (tertiary alicyclic amines) is 1. The third-order valence-electron chi connectivity index (χ3n) is 2.65. The number of rotatable bonds is 6. The summed E-state index contributed by atoms with van der Waals surface area (Å²) in [6, 6.07) is -0.502. The van der Waals surface area contributed by atoms with Crippen LogP contribution in [-0.2, 0) is 19.3 Å². The van der Waals surface area contributed by atoms with Gasteiger partial charge in [-0.2, -0.15) is 0 Å². The van der Waals surface area contributed by atoms with Crippen molar-refractivity contribution in [2.75, 3.05) is 33.4 Å². The van der Waals surface area contributed by atoms with Crippen LogP contribution in [0.25, 0.3) is 0 Å². The van der Waals surface area contributed by atoms with Crippen LogP contribution in [-0.4, -0.2) is 56.4 Å². The third-order valence-corrected chi connectivity index (χ3v) is 2.65. The normalized spacial score (nSPS) is 19.8. The SMILES string of the molecule is CCOOCCN1CCC[C@@H](NC(=O)OC)C1=O. The molecule has 0 radical (unpaired) electrons. The van der Waals surface area contributed by atoms with Crippen molar-refractivity contribution in [3.63, 3.8) is 0 Å². The van der Waals surface area contributed by atoms with E-state index < -0.39 is 12.1 Å². The zero-order valence-electron chi connectivity index (χ0n) is 10.8. The Kier molecular flexibility index (Phi) is 6.45. The Morgan fingerprint density at radius 2 is 2.28 bits per heavy atom. The molecule has 1 fully saturated rings. The molecular weight excluding hydrogens is 240 g/mol. The van der Waals surface area contributed by atoms with E-state index in [1.165, 1.54) is 7.11 Å². The number of methoxy groups -OCH3 is 1. The fraction of sp³-hybridized carbons (Fsp3) is 0.818. The zero-order valence-corrected chi connectivity index (χ0v) is 10.8. The first kappa shape index (κ1) is 14.7. The van der Waals surface area contributed by atoms with E-state index in [0.29, 0.717) is 32.7 Å². The molecule has 0 aromatic heterocycles. The molecule has 1 heterocycles. The van der Waals surface area contributed by atoms with Gasteiger partial charge in [-0.15, -0.1) is 0 Å². The largest absolute Gasteiger partial charge is 0.453 e. The summed E-state index contributed by atoms with van der Waals surface area (Å²) < 4.78 is 4.48. The number of ether oxygens (including phenoxy) is 1. The highest BCUT2D eigenvalue weighted by molar-refractivity contribution is 5.86. The summed E-state index contributed by atoms with van der Waals surface area (Å²) >= 11 is 0. The summed E-state index contributed by atoms with van der Waals surface area (Å²) in [5.41, 5.74) is 0. The van der Waals surface area contributed by atoms with E-state index in [2.05, 4.69) is 10.1 Å². The molecule has 1 N–H and O–H groups in total. The number of hydrogen-bond acceptors (Lipinski definition) is 5. The maximum absolute atomic E-state index is 12.0. The van der Waals surface area contributed by atoms with Gasteiger partial charge in [-0.25, -0.2) is 14.6 Å². The average molecular weight is 260 g/mol. The van der Waals surface area contributed by atoms with Gasteiger partial charge in [0, 0.05) is 13.1 Å². The molecule has 0 bridgehead atoms. The van der Waals surface area contributed by atoms with Crippen molar-refractivity contribution in [1.82, 2.24) is 10.2 Å². The van der Waals surface area contributed by atoms with Gasteiger partial charge in [-0.1, -0.05) is 0 Å². The summed E-state index contributed by atoms with van der Waals surface area (Å²) in [5, 5.41) is 2.53. The number of carbonyl (C=O) groups is 2. The number of hydrogen-bond donors (Lipinski definition) is 1. The number of carbonyl (C=O) groups excluding carboxylic acids is 2. The van der Waals surface area contributed by atoms with Crippen LogP contribution in [0.15, 0.2) is 0 Å². The smallest absolute Gasteiger partial charge is 0.407 e. The van der Waals surface area contributed by atoms with Crippen molar-refractivity contribution in [2.45, 2.75) is 25.8 Å². The van der Waals surface area contributed by atoms with Gasteiger partial charge in [-0.3, -0.25) is 4.79 Å². The van der Waals surface area contributed by atoms with Crippen LogP contribution in [0.2, 0.25) is 0 Å². The van der Waals surface area contributed by atoms with Crippen LogP contribution in [0.4, 0.5) is 4.79 Å². The standard InChI is InChI=1S/C11H20N2O5/c1-3-17-18-8-7-13-6-4-5-9(10(13)14)12-11(15)16-2/h9H,3-8H2,1-2H3,(H,12,15)/t9-/m1/s1. The van der Waals surface area contributed by atoms with E-state index in [1.54, 1.807) is 4.90 Å². The lowest BCUT2D eigenvalue weighted by Gasteiger charge is -2.32. The molecule has 7 heteroatoms. The molecule has 0 unspecified atom stereocenters. The van der Waals surface area contributed by atoms with E-state index in [0.717, 1.165) is 6.42 Å². The van der Waals surface area contributed by atoms with Crippen LogP contribution in [0, 0.1) is 0 Å². The van der Waals surface area contributed by atoms with Crippen LogP contribution in [0.3, 0.4) is 0 Å². The van der Waals surface area contributed by atoms with Crippen molar-refractivity contribution in [3.05, 3.63) is 0 Å². The van der Waals surface area contributed by atoms with Gasteiger partial charge in [0.25, 0.3) is 0 Å². The molecule has 1 rings (SSSR count). The van der Waals surface area contributed by atoms with Crippen molar-refractivity contribution in [2.24, 2.45) is 0 Å². The van der Waals surface area contributed by atoms with Gasteiger partial charge in [0.1, 0.15) is 6.04 Å². The lowest BCUT2D eigenvalue weighted by molar-refractivity contribution is -0.291. The zero-order chi connectivity index (χ0) is 13.4. The Morgan fingerprint density at radius 3 is 2.94 bits per heavy atom. The van der Waals surface area contributed by atoms with Crippen molar-refractivity contribution >= 4 is 12.0 Å². The third kappa shape index (κ3) is 4.50. The van der Waals surface area contributed by atoms with E-state index >= 15 is 0 Å². The summed E-state index contributed by atoms with van der Waals surface area (Å²) in [4.78, 5) is 34.3. The molecule has 1 aliphatic heterocycles. The molecule has 104 valence electrons. The molecule has 0 aliphatic carbocycles. The highest BCUT2D eigenvalue weighted by Crippen LogP contribution is 2.11. The molecule has 1 atom stereocenters. The van der Waals surface area contributed by atoms with Crippen LogP contribution in [0.5, 0.6) is 0 Å². The van der Waals surface area contributed by atoms with Crippen LogP contribution >= 0.6 is 0 Å². The number of nitrogens with one attached hydrogen (secondary N) is 1. The molecule has 7 nitrogen and oxygen atoms in total. The molecule has 18 heavy (non-hydrogen) atoms. The lowest BCUT2D eigenvalue weighted by Crippen LogP contribution is -2.52. The molecule has 0 spiro atoms. The predicted octanol–water partition coefficient (Wildman–Crippen LogP) is 0.302. The first-order chi connectivity index (χ1) is 8.69. The van der Waals surface area contributed by atoms with Gasteiger partial charge in [0.15, 0.2) is 0 Å². The van der Waals surface area contributed by atoms with Crippen molar-refractivity contribution in [1.29, 1.82) is 0 Å². The molecule has 1 aliphatic rings. The summed E-state index contributed by atoms with van der Waals surface area (Å²) in [6.07, 6.45) is 0.895. The van der Waals surface area contributed by atoms with Gasteiger partial charge >= 0.3 is 6.09 Å². The van der Waals surface area contributed by atoms with E-state index in [9.17, 15) is 9.59 Å². The maximum Gasteiger partial charge on any atom is 0.407 e. The fourth-order valence-corrected chi connectivity index (χ4v) is 1.79. The molecular formula is C11H20N2O5. The van der Waals surface area contributed by atoms with Gasteiger partial charge in [-0.05, 0) is 19.8 Å². The van der Waals surface area contributed by atoms with Crippen LogP contribution < -0.4 is 5.32 Å². The average Bonchev–Trinajstić information content (AvgIpc) is 2.38. The Morgan fingerprint density at radius 1 is 1.50 bits per heavy atom. The molecule has 0 aromatic carbocycles. The molecule has 0 saturated carbocycles. The Bertz CT molecular complexity index is 285. The predicted molar refractivity (Wildman–Crippen MR) is 62.7 cm³/mol. The number of piperidine rings is 1.